The highest BCUT2D eigenvalue weighted by atomic mass is 19.1. The second-order valence-corrected chi connectivity index (χ2v) is 10.6. The first-order valence-corrected chi connectivity index (χ1v) is 13.5. The van der Waals surface area contributed by atoms with E-state index in [4.69, 9.17) is 0 Å². The van der Waals surface area contributed by atoms with E-state index in [1.807, 2.05) is 31.2 Å². The summed E-state index contributed by atoms with van der Waals surface area (Å²) >= 11 is 0. The Kier molecular flexibility index (Phi) is 7.72. The van der Waals surface area contributed by atoms with E-state index in [0.717, 1.165) is 84.3 Å². The average molecular weight is 509 g/mol. The molecule has 5 rings (SSSR count). The molecule has 4 nitrogen and oxygen atoms in total. The summed E-state index contributed by atoms with van der Waals surface area (Å²) in [7, 11) is 0. The predicted octanol–water partition coefficient (Wildman–Crippen LogP) is 6.69. The van der Waals surface area contributed by atoms with Crippen molar-refractivity contribution in [3.63, 3.8) is 0 Å². The maximum atomic E-state index is 12.4. The van der Waals surface area contributed by atoms with Crippen LogP contribution in [0.4, 0.5) is 4.39 Å². The van der Waals surface area contributed by atoms with Gasteiger partial charge in [0.05, 0.1) is 23.9 Å². The third-order valence-corrected chi connectivity index (χ3v) is 7.82. The molecule has 0 atom stereocenters. The number of aromatic carboxylic acids is 1. The van der Waals surface area contributed by atoms with E-state index in [9.17, 15) is 19.6 Å². The summed E-state index contributed by atoms with van der Waals surface area (Å²) < 4.78 is 12.4. The zero-order valence-corrected chi connectivity index (χ0v) is 21.8. The number of alkyl halides is 1. The highest BCUT2D eigenvalue weighted by Crippen LogP contribution is 2.41. The molecule has 0 amide bonds. The first kappa shape index (κ1) is 25.9. The van der Waals surface area contributed by atoms with Crippen LogP contribution in [0.15, 0.2) is 60.7 Å². The molecule has 1 aliphatic heterocycles. The van der Waals surface area contributed by atoms with Crippen LogP contribution in [0, 0.1) is 24.2 Å². The Labute approximate surface area is 224 Å². The molecule has 5 heteroatoms. The van der Waals surface area contributed by atoms with Gasteiger partial charge in [0.15, 0.2) is 0 Å². The van der Waals surface area contributed by atoms with Crippen LogP contribution in [-0.2, 0) is 12.8 Å². The van der Waals surface area contributed by atoms with E-state index in [1.165, 1.54) is 5.56 Å². The van der Waals surface area contributed by atoms with Crippen LogP contribution in [0.3, 0.4) is 0 Å². The number of halogens is 1. The number of hydrogen-bond acceptors (Lipinski definition) is 3. The van der Waals surface area contributed by atoms with Crippen molar-refractivity contribution >= 4 is 17.1 Å². The van der Waals surface area contributed by atoms with Gasteiger partial charge in [-0.3, -0.25) is 4.39 Å². The zero-order chi connectivity index (χ0) is 26.6. The summed E-state index contributed by atoms with van der Waals surface area (Å²) in [6.45, 7) is 4.69. The Morgan fingerprint density at radius 2 is 1.84 bits per heavy atom. The summed E-state index contributed by atoms with van der Waals surface area (Å²) in [5, 5.41) is 19.5. The van der Waals surface area contributed by atoms with Crippen LogP contribution >= 0.6 is 0 Å². The lowest BCUT2D eigenvalue weighted by Crippen LogP contribution is -2.47. The van der Waals surface area contributed by atoms with E-state index >= 15 is 0 Å². The lowest BCUT2D eigenvalue weighted by molar-refractivity contribution is 0.0696. The summed E-state index contributed by atoms with van der Waals surface area (Å²) in [6, 6.07) is 22.5. The van der Waals surface area contributed by atoms with Crippen LogP contribution < -0.4 is 0 Å². The molecule has 0 spiro atoms. The lowest BCUT2D eigenvalue weighted by Gasteiger charge is -2.39. The van der Waals surface area contributed by atoms with Gasteiger partial charge < -0.3 is 10.0 Å². The van der Waals surface area contributed by atoms with Crippen LogP contribution in [-0.4, -0.2) is 42.3 Å². The Bertz CT molecular complexity index is 1410. The number of nitrogens with zero attached hydrogens (tertiary/aromatic N) is 2. The lowest BCUT2D eigenvalue weighted by atomic mass is 9.84. The number of carboxylic acid groups (broad SMARTS) is 1. The normalized spacial score (nSPS) is 15.9. The number of nitriles is 1. The number of aryl methyl sites for hydroxylation is 2. The minimum atomic E-state index is -0.920. The van der Waals surface area contributed by atoms with Gasteiger partial charge in [0.25, 0.3) is 0 Å². The maximum Gasteiger partial charge on any atom is 0.335 e. The fraction of sp³-hybridized carbons (Fsp3) is 0.333. The number of fused-ring (bicyclic) bond motifs is 1. The number of carboxylic acids is 1. The van der Waals surface area contributed by atoms with Crippen molar-refractivity contribution in [2.75, 3.05) is 26.3 Å². The minimum Gasteiger partial charge on any atom is -0.478 e. The molecule has 1 N–H and O–H groups in total. The third-order valence-electron chi connectivity index (χ3n) is 7.82. The molecule has 194 valence electrons. The van der Waals surface area contributed by atoms with Gasteiger partial charge in [-0.1, -0.05) is 48.0 Å². The molecular formula is C33H33FN2O2. The van der Waals surface area contributed by atoms with Gasteiger partial charge in [-0.05, 0) is 102 Å². The van der Waals surface area contributed by atoms with E-state index in [2.05, 4.69) is 41.3 Å². The number of allylic oxidation sites excluding steroid dienone is 1. The predicted molar refractivity (Wildman–Crippen MR) is 149 cm³/mol. The van der Waals surface area contributed by atoms with Gasteiger partial charge in [0, 0.05) is 19.6 Å². The second kappa shape index (κ2) is 11.3. The van der Waals surface area contributed by atoms with Crippen molar-refractivity contribution in [2.24, 2.45) is 5.92 Å². The maximum absolute atomic E-state index is 12.4. The van der Waals surface area contributed by atoms with Gasteiger partial charge in [0.2, 0.25) is 0 Å². The second-order valence-electron chi connectivity index (χ2n) is 10.6. The minimum absolute atomic E-state index is 0.250. The molecule has 1 saturated heterocycles. The Morgan fingerprint density at radius 3 is 2.55 bits per heavy atom. The highest BCUT2D eigenvalue weighted by Gasteiger charge is 2.26. The summed E-state index contributed by atoms with van der Waals surface area (Å²) in [4.78, 5) is 14.0. The van der Waals surface area contributed by atoms with Crippen molar-refractivity contribution in [3.8, 4) is 6.07 Å². The quantitative estimate of drug-likeness (QED) is 0.368. The summed E-state index contributed by atoms with van der Waals surface area (Å²) in [5.41, 5.74) is 9.71. The molecule has 38 heavy (non-hydrogen) atoms. The van der Waals surface area contributed by atoms with Crippen LogP contribution in [0.2, 0.25) is 0 Å². The molecule has 0 unspecified atom stereocenters. The van der Waals surface area contributed by atoms with Crippen LogP contribution in [0.5, 0.6) is 0 Å². The highest BCUT2D eigenvalue weighted by molar-refractivity contribution is 6.01. The third kappa shape index (κ3) is 5.42. The van der Waals surface area contributed by atoms with Crippen molar-refractivity contribution in [1.29, 1.82) is 5.26 Å². The van der Waals surface area contributed by atoms with Crippen LogP contribution in [0.25, 0.3) is 11.1 Å². The largest absolute Gasteiger partial charge is 0.478 e. The van der Waals surface area contributed by atoms with Gasteiger partial charge in [-0.15, -0.1) is 0 Å². The smallest absolute Gasteiger partial charge is 0.335 e. The SMILES string of the molecule is Cc1ccc(C#N)c(C2=C(c3ccc(CC4CN(CCCF)C4)cc3)c3ccc(C(=O)O)cc3CCC2)c1. The monoisotopic (exact) mass is 508 g/mol. The number of likely N-dealkylation sites (tertiary alicyclic amines) is 1. The molecular weight excluding hydrogens is 475 g/mol. The number of carbonyl (C=O) groups is 1. The Balaban J connectivity index is 1.54. The van der Waals surface area contributed by atoms with Gasteiger partial charge in [0.1, 0.15) is 0 Å². The fourth-order valence-corrected chi connectivity index (χ4v) is 5.94. The molecule has 0 bridgehead atoms. The van der Waals surface area contributed by atoms with Crippen molar-refractivity contribution in [2.45, 2.75) is 39.0 Å². The van der Waals surface area contributed by atoms with Crippen molar-refractivity contribution < 1.29 is 14.3 Å². The fourth-order valence-electron chi connectivity index (χ4n) is 5.94. The topological polar surface area (TPSA) is 64.3 Å². The molecule has 1 aliphatic carbocycles. The Morgan fingerprint density at radius 1 is 1.05 bits per heavy atom. The molecule has 2 aliphatic rings. The number of rotatable bonds is 8. The first-order chi connectivity index (χ1) is 18.5. The summed E-state index contributed by atoms with van der Waals surface area (Å²) in [5.74, 6) is -0.314. The standard InChI is InChI=1S/C33H33FN2O2/c1-22-6-9-28(19-35)31(16-22)30-5-2-4-26-18-27(33(37)38)12-13-29(26)32(30)25-10-7-23(8-11-25)17-24-20-36(21-24)15-3-14-34/h6-13,16,18,24H,2-5,14-15,17,20-21H2,1H3,(H,37,38). The average Bonchev–Trinajstić information content (AvgIpc) is 3.09. The van der Waals surface area contributed by atoms with E-state index in [1.54, 1.807) is 6.07 Å². The van der Waals surface area contributed by atoms with Gasteiger partial charge >= 0.3 is 5.97 Å². The van der Waals surface area contributed by atoms with Gasteiger partial charge in [-0.25, -0.2) is 4.79 Å². The molecule has 3 aromatic carbocycles. The van der Waals surface area contributed by atoms with Gasteiger partial charge in [-0.2, -0.15) is 5.26 Å². The van der Waals surface area contributed by atoms with Crippen LogP contribution in [0.1, 0.15) is 68.6 Å². The summed E-state index contributed by atoms with van der Waals surface area (Å²) in [6.07, 6.45) is 4.10. The molecule has 3 aromatic rings. The Hall–Kier alpha value is -3.75. The molecule has 1 heterocycles. The van der Waals surface area contributed by atoms with Crippen molar-refractivity contribution in [1.82, 2.24) is 4.90 Å². The number of hydrogen-bond donors (Lipinski definition) is 1. The van der Waals surface area contributed by atoms with Crippen molar-refractivity contribution in [3.05, 3.63) is 105 Å². The molecule has 0 aromatic heterocycles. The molecule has 0 radical (unpaired) electrons. The molecule has 0 saturated carbocycles. The number of benzene rings is 3. The van der Waals surface area contributed by atoms with E-state index in [0.29, 0.717) is 23.5 Å². The van der Waals surface area contributed by atoms with E-state index < -0.39 is 5.97 Å². The molecule has 1 fully saturated rings. The zero-order valence-electron chi connectivity index (χ0n) is 21.8. The van der Waals surface area contributed by atoms with E-state index in [-0.39, 0.29) is 6.67 Å². The first-order valence-electron chi connectivity index (χ1n) is 13.5.